The zero-order valence-electron chi connectivity index (χ0n) is 16.6. The normalized spacial score (nSPS) is 29.1. The molecule has 3 heteroatoms. The molecular weight excluding hydrogens is 359 g/mol. The Morgan fingerprint density at radius 2 is 1.70 bits per heavy atom. The van der Waals surface area contributed by atoms with Crippen LogP contribution < -0.4 is 4.74 Å². The molecule has 2 aliphatic rings. The first-order valence-corrected chi connectivity index (χ1v) is 11.3. The van der Waals surface area contributed by atoms with Crippen LogP contribution in [0.5, 0.6) is 5.75 Å². The van der Waals surface area contributed by atoms with E-state index in [0.29, 0.717) is 18.3 Å². The van der Waals surface area contributed by atoms with Gasteiger partial charge in [-0.2, -0.15) is 0 Å². The van der Waals surface area contributed by atoms with Gasteiger partial charge in [-0.1, -0.05) is 36.6 Å². The van der Waals surface area contributed by atoms with Gasteiger partial charge in [0.05, 0.1) is 6.61 Å². The number of rotatable bonds is 7. The highest BCUT2D eigenvalue weighted by Crippen LogP contribution is 2.42. The first-order valence-electron chi connectivity index (χ1n) is 10.9. The molecule has 0 aromatic heterocycles. The average Bonchev–Trinajstić information content (AvgIpc) is 2.70. The molecule has 0 radical (unpaired) electrons. The van der Waals surface area contributed by atoms with E-state index in [1.54, 1.807) is 17.7 Å². The molecule has 1 nitrogen and oxygen atoms in total. The highest BCUT2D eigenvalue weighted by molar-refractivity contribution is 6.25. The second-order valence-corrected chi connectivity index (χ2v) is 8.76. The van der Waals surface area contributed by atoms with Gasteiger partial charge in [-0.05, 0) is 99.7 Å². The average molecular weight is 393 g/mol. The van der Waals surface area contributed by atoms with Crippen LogP contribution in [0.2, 0.25) is 0 Å². The maximum absolute atomic E-state index is 14.0. The van der Waals surface area contributed by atoms with E-state index in [-0.39, 0.29) is 5.82 Å². The van der Waals surface area contributed by atoms with Crippen LogP contribution >= 0.6 is 11.6 Å². The van der Waals surface area contributed by atoms with Gasteiger partial charge in [-0.15, -0.1) is 0 Å². The summed E-state index contributed by atoms with van der Waals surface area (Å²) in [6.45, 7) is 2.39. The molecule has 0 aliphatic heterocycles. The number of hydrogen-bond donors (Lipinski definition) is 0. The van der Waals surface area contributed by atoms with Crippen LogP contribution in [0.15, 0.2) is 29.8 Å². The molecule has 2 saturated carbocycles. The van der Waals surface area contributed by atoms with Crippen LogP contribution in [-0.4, -0.2) is 6.61 Å². The Balaban J connectivity index is 1.39. The van der Waals surface area contributed by atoms with Gasteiger partial charge in [0.2, 0.25) is 0 Å². The second kappa shape index (κ2) is 10.5. The summed E-state index contributed by atoms with van der Waals surface area (Å²) in [5.41, 5.74) is 2.80. The van der Waals surface area contributed by atoms with Crippen LogP contribution in [-0.2, 0) is 6.42 Å². The minimum atomic E-state index is -0.224. The molecule has 0 N–H and O–H groups in total. The van der Waals surface area contributed by atoms with E-state index in [9.17, 15) is 4.39 Å². The van der Waals surface area contributed by atoms with E-state index in [1.165, 1.54) is 57.8 Å². The van der Waals surface area contributed by atoms with Crippen molar-refractivity contribution in [3.8, 4) is 5.75 Å². The lowest BCUT2D eigenvalue weighted by Crippen LogP contribution is -2.25. The van der Waals surface area contributed by atoms with Crippen molar-refractivity contribution in [3.63, 3.8) is 0 Å². The second-order valence-electron chi connectivity index (χ2n) is 8.51. The summed E-state index contributed by atoms with van der Waals surface area (Å²) in [5, 5.41) is 0. The van der Waals surface area contributed by atoms with E-state index in [1.807, 2.05) is 13.0 Å². The van der Waals surface area contributed by atoms with Crippen molar-refractivity contribution in [3.05, 3.63) is 41.2 Å². The van der Waals surface area contributed by atoms with Crippen LogP contribution in [0.25, 0.3) is 0 Å². The fraction of sp³-hybridized carbons (Fsp3) is 0.667. The fourth-order valence-electron chi connectivity index (χ4n) is 5.20. The van der Waals surface area contributed by atoms with Gasteiger partial charge >= 0.3 is 0 Å². The summed E-state index contributed by atoms with van der Waals surface area (Å²) in [5.74, 6) is 3.54. The van der Waals surface area contributed by atoms with E-state index in [0.717, 1.165) is 29.7 Å². The zero-order chi connectivity index (χ0) is 19.1. The Bertz CT molecular complexity index is 598. The van der Waals surface area contributed by atoms with Crippen LogP contribution in [0.3, 0.4) is 0 Å². The molecule has 2 aliphatic carbocycles. The molecule has 0 heterocycles. The molecule has 0 unspecified atom stereocenters. The number of halogens is 2. The van der Waals surface area contributed by atoms with E-state index >= 15 is 0 Å². The first-order chi connectivity index (χ1) is 13.2. The molecule has 0 saturated heterocycles. The van der Waals surface area contributed by atoms with Gasteiger partial charge in [0, 0.05) is 5.54 Å². The summed E-state index contributed by atoms with van der Waals surface area (Å²) in [4.78, 5) is 0. The topological polar surface area (TPSA) is 9.23 Å². The molecule has 2 fully saturated rings. The minimum Gasteiger partial charge on any atom is -0.491 e. The largest absolute Gasteiger partial charge is 0.491 e. The molecule has 1 aromatic carbocycles. The van der Waals surface area contributed by atoms with Gasteiger partial charge in [0.25, 0.3) is 0 Å². The Labute approximate surface area is 169 Å². The summed E-state index contributed by atoms with van der Waals surface area (Å²) in [7, 11) is 0. The first kappa shape index (κ1) is 20.7. The van der Waals surface area contributed by atoms with Gasteiger partial charge in [-0.3, -0.25) is 0 Å². The molecule has 150 valence electrons. The van der Waals surface area contributed by atoms with Crippen LogP contribution in [0, 0.1) is 29.5 Å². The Morgan fingerprint density at radius 1 is 1.04 bits per heavy atom. The SMILES string of the molecule is CCOc1ccc(CC[C@H]2CC[C@H]([C@H]3CC[C@H](/C=C/Cl)CC3)CC2)cc1F. The van der Waals surface area contributed by atoms with Crippen molar-refractivity contribution in [1.29, 1.82) is 0 Å². The predicted molar refractivity (Wildman–Crippen MR) is 112 cm³/mol. The van der Waals surface area contributed by atoms with Gasteiger partial charge in [0.15, 0.2) is 11.6 Å². The van der Waals surface area contributed by atoms with E-state index < -0.39 is 0 Å². The number of hydrogen-bond acceptors (Lipinski definition) is 1. The van der Waals surface area contributed by atoms with Crippen molar-refractivity contribution < 1.29 is 9.13 Å². The van der Waals surface area contributed by atoms with Gasteiger partial charge in [-0.25, -0.2) is 4.39 Å². The minimum absolute atomic E-state index is 0.224. The van der Waals surface area contributed by atoms with Gasteiger partial charge in [0.1, 0.15) is 0 Å². The molecule has 0 amide bonds. The molecule has 0 spiro atoms. The summed E-state index contributed by atoms with van der Waals surface area (Å²) < 4.78 is 19.3. The summed E-state index contributed by atoms with van der Waals surface area (Å²) in [6, 6.07) is 5.46. The summed E-state index contributed by atoms with van der Waals surface area (Å²) in [6.07, 6.45) is 15.2. The van der Waals surface area contributed by atoms with Crippen molar-refractivity contribution in [2.24, 2.45) is 23.7 Å². The maximum atomic E-state index is 14.0. The lowest BCUT2D eigenvalue weighted by Gasteiger charge is -2.37. The molecular formula is C24H34ClFO. The fourth-order valence-corrected chi connectivity index (χ4v) is 5.41. The number of aryl methyl sites for hydroxylation is 1. The predicted octanol–water partition coefficient (Wildman–Crippen LogP) is 7.52. The third-order valence-electron chi connectivity index (χ3n) is 6.86. The Hall–Kier alpha value is -1.02. The van der Waals surface area contributed by atoms with Crippen molar-refractivity contribution in [2.75, 3.05) is 6.61 Å². The smallest absolute Gasteiger partial charge is 0.165 e. The van der Waals surface area contributed by atoms with Gasteiger partial charge < -0.3 is 4.74 Å². The lowest BCUT2D eigenvalue weighted by atomic mass is 9.68. The highest BCUT2D eigenvalue weighted by Gasteiger charge is 2.30. The highest BCUT2D eigenvalue weighted by atomic mass is 35.5. The van der Waals surface area contributed by atoms with Crippen LogP contribution in [0.1, 0.15) is 70.3 Å². The van der Waals surface area contributed by atoms with Crippen LogP contribution in [0.4, 0.5) is 4.39 Å². The quantitative estimate of drug-likeness (QED) is 0.466. The molecule has 3 rings (SSSR count). The van der Waals surface area contributed by atoms with Crippen molar-refractivity contribution in [2.45, 2.75) is 71.1 Å². The number of benzene rings is 1. The maximum Gasteiger partial charge on any atom is 0.165 e. The monoisotopic (exact) mass is 392 g/mol. The van der Waals surface area contributed by atoms with E-state index in [2.05, 4.69) is 6.08 Å². The van der Waals surface area contributed by atoms with E-state index in [4.69, 9.17) is 16.3 Å². The zero-order valence-corrected chi connectivity index (χ0v) is 17.4. The van der Waals surface area contributed by atoms with Crippen molar-refractivity contribution in [1.82, 2.24) is 0 Å². The molecule has 0 atom stereocenters. The molecule has 0 bridgehead atoms. The number of allylic oxidation sites excluding steroid dienone is 1. The van der Waals surface area contributed by atoms with Crippen molar-refractivity contribution >= 4 is 11.6 Å². The standard InChI is InChI=1S/C24H34ClFO/c1-2-27-24-14-9-20(17-23(24)26)4-3-18-5-10-21(11-6-18)22-12-7-19(8-13-22)15-16-25/h9,14-19,21-22H,2-8,10-13H2,1H3/b16-15+/t18-,19-,21-,22-. The summed E-state index contributed by atoms with van der Waals surface area (Å²) >= 11 is 5.73. The molecule has 1 aromatic rings. The molecule has 27 heavy (non-hydrogen) atoms. The number of ether oxygens (including phenoxy) is 1. The third-order valence-corrected chi connectivity index (χ3v) is 7.00. The Kier molecular flexibility index (Phi) is 8.06. The lowest BCUT2D eigenvalue weighted by molar-refractivity contribution is 0.153. The third kappa shape index (κ3) is 5.98. The Morgan fingerprint density at radius 3 is 2.30 bits per heavy atom.